The van der Waals surface area contributed by atoms with Gasteiger partial charge in [0.1, 0.15) is 0 Å². The molecule has 0 spiro atoms. The summed E-state index contributed by atoms with van der Waals surface area (Å²) in [5.41, 5.74) is 4.85. The van der Waals surface area contributed by atoms with Crippen molar-refractivity contribution in [3.63, 3.8) is 0 Å². The van der Waals surface area contributed by atoms with Crippen molar-refractivity contribution in [1.29, 1.82) is 0 Å². The van der Waals surface area contributed by atoms with Crippen molar-refractivity contribution < 1.29 is 18.0 Å². The summed E-state index contributed by atoms with van der Waals surface area (Å²) in [6.45, 7) is 0.610. The van der Waals surface area contributed by atoms with Crippen LogP contribution in [0.4, 0.5) is 18.9 Å². The van der Waals surface area contributed by atoms with Gasteiger partial charge in [-0.25, -0.2) is 4.98 Å². The van der Waals surface area contributed by atoms with Gasteiger partial charge >= 0.3 is 6.18 Å². The highest BCUT2D eigenvalue weighted by Crippen LogP contribution is 2.34. The lowest BCUT2D eigenvalue weighted by Gasteiger charge is -2.15. The first-order valence-electron chi connectivity index (χ1n) is 7.71. The molecule has 0 saturated carbocycles. The van der Waals surface area contributed by atoms with Crippen LogP contribution >= 0.6 is 0 Å². The summed E-state index contributed by atoms with van der Waals surface area (Å²) in [5, 5.41) is 0. The Kier molecular flexibility index (Phi) is 4.92. The van der Waals surface area contributed by atoms with E-state index in [0.29, 0.717) is 12.1 Å². The lowest BCUT2D eigenvalue weighted by atomic mass is 10.1. The molecule has 5 nitrogen and oxygen atoms in total. The summed E-state index contributed by atoms with van der Waals surface area (Å²) >= 11 is 0. The fraction of sp³-hybridized carbons (Fsp3) is 0.111. The van der Waals surface area contributed by atoms with Gasteiger partial charge in [-0.05, 0) is 29.8 Å². The number of anilines is 1. The van der Waals surface area contributed by atoms with Crippen molar-refractivity contribution in [2.75, 3.05) is 5.43 Å². The highest BCUT2D eigenvalue weighted by molar-refractivity contribution is 5.94. The van der Waals surface area contributed by atoms with Crippen LogP contribution in [0.25, 0.3) is 0 Å². The Morgan fingerprint density at radius 3 is 2.46 bits per heavy atom. The number of imidazole rings is 1. The number of amides is 1. The quantitative estimate of drug-likeness (QED) is 0.682. The molecule has 0 bridgehead atoms. The van der Waals surface area contributed by atoms with Crippen LogP contribution in [0.3, 0.4) is 0 Å². The molecular formula is C18H15F3N4O. The second-order valence-electron chi connectivity index (χ2n) is 5.55. The van der Waals surface area contributed by atoms with Crippen molar-refractivity contribution >= 4 is 11.6 Å². The van der Waals surface area contributed by atoms with E-state index in [4.69, 9.17) is 0 Å². The number of aromatic nitrogens is 2. The average molecular weight is 360 g/mol. The second-order valence-corrected chi connectivity index (χ2v) is 5.55. The summed E-state index contributed by atoms with van der Waals surface area (Å²) in [6, 6.07) is 11.7. The Bertz CT molecular complexity index is 874. The molecule has 0 atom stereocenters. The van der Waals surface area contributed by atoms with E-state index in [1.165, 1.54) is 18.2 Å². The molecule has 2 N–H and O–H groups in total. The molecule has 8 heteroatoms. The van der Waals surface area contributed by atoms with Crippen LogP contribution in [0, 0.1) is 0 Å². The van der Waals surface area contributed by atoms with Crippen LogP contribution < -0.4 is 10.9 Å². The summed E-state index contributed by atoms with van der Waals surface area (Å²) in [5.74, 6) is -0.531. The van der Waals surface area contributed by atoms with E-state index in [1.807, 2.05) is 10.8 Å². The monoisotopic (exact) mass is 360 g/mol. The highest BCUT2D eigenvalue weighted by atomic mass is 19.4. The molecule has 26 heavy (non-hydrogen) atoms. The van der Waals surface area contributed by atoms with Gasteiger partial charge < -0.3 is 4.57 Å². The second kappa shape index (κ2) is 7.30. The van der Waals surface area contributed by atoms with E-state index in [-0.39, 0.29) is 5.69 Å². The van der Waals surface area contributed by atoms with Crippen LogP contribution in [0.2, 0.25) is 0 Å². The summed E-state index contributed by atoms with van der Waals surface area (Å²) < 4.78 is 40.7. The van der Waals surface area contributed by atoms with Crippen molar-refractivity contribution in [1.82, 2.24) is 15.0 Å². The minimum atomic E-state index is -4.51. The molecule has 134 valence electrons. The SMILES string of the molecule is O=C(NNc1ccccc1C(F)(F)F)c1ccc(Cn2ccnc2)cc1. The summed E-state index contributed by atoms with van der Waals surface area (Å²) in [7, 11) is 0. The Labute approximate surface area is 147 Å². The molecule has 0 radical (unpaired) electrons. The molecule has 0 unspecified atom stereocenters. The molecule has 2 aromatic carbocycles. The maximum absolute atomic E-state index is 12.9. The van der Waals surface area contributed by atoms with Gasteiger partial charge in [0.15, 0.2) is 0 Å². The number of benzene rings is 2. The van der Waals surface area contributed by atoms with Crippen molar-refractivity contribution in [3.8, 4) is 0 Å². The number of nitrogens with one attached hydrogen (secondary N) is 2. The van der Waals surface area contributed by atoms with Crippen molar-refractivity contribution in [2.45, 2.75) is 12.7 Å². The number of halogens is 3. The zero-order valence-electron chi connectivity index (χ0n) is 13.5. The maximum atomic E-state index is 12.9. The zero-order valence-corrected chi connectivity index (χ0v) is 13.5. The van der Waals surface area contributed by atoms with Gasteiger partial charge in [-0.3, -0.25) is 15.6 Å². The third-order valence-electron chi connectivity index (χ3n) is 3.68. The predicted molar refractivity (Wildman–Crippen MR) is 90.3 cm³/mol. The van der Waals surface area contributed by atoms with Crippen LogP contribution in [0.15, 0.2) is 67.3 Å². The van der Waals surface area contributed by atoms with Crippen LogP contribution in [-0.2, 0) is 12.7 Å². The van der Waals surface area contributed by atoms with Gasteiger partial charge in [0.25, 0.3) is 5.91 Å². The third-order valence-corrected chi connectivity index (χ3v) is 3.68. The largest absolute Gasteiger partial charge is 0.418 e. The number of alkyl halides is 3. The molecule has 0 saturated heterocycles. The van der Waals surface area contributed by atoms with Crippen LogP contribution in [-0.4, -0.2) is 15.5 Å². The molecule has 1 heterocycles. The van der Waals surface area contributed by atoms with Gasteiger partial charge in [-0.1, -0.05) is 24.3 Å². The minimum Gasteiger partial charge on any atom is -0.333 e. The minimum absolute atomic E-state index is 0.218. The molecule has 3 aromatic rings. The van der Waals surface area contributed by atoms with Crippen LogP contribution in [0.1, 0.15) is 21.5 Å². The first-order chi connectivity index (χ1) is 12.4. The van der Waals surface area contributed by atoms with Gasteiger partial charge in [-0.15, -0.1) is 0 Å². The number of hydrogen-bond donors (Lipinski definition) is 2. The molecule has 1 aromatic heterocycles. The zero-order chi connectivity index (χ0) is 18.6. The average Bonchev–Trinajstić information content (AvgIpc) is 3.13. The van der Waals surface area contributed by atoms with E-state index in [0.717, 1.165) is 11.6 Å². The Balaban J connectivity index is 1.64. The van der Waals surface area contributed by atoms with E-state index >= 15 is 0 Å². The molecule has 0 fully saturated rings. The first kappa shape index (κ1) is 17.5. The number of rotatable bonds is 5. The van der Waals surface area contributed by atoms with E-state index < -0.39 is 17.6 Å². The summed E-state index contributed by atoms with van der Waals surface area (Å²) in [6.07, 6.45) is 0.667. The van der Waals surface area contributed by atoms with E-state index in [2.05, 4.69) is 15.8 Å². The lowest BCUT2D eigenvalue weighted by molar-refractivity contribution is -0.137. The fourth-order valence-corrected chi connectivity index (χ4v) is 2.39. The molecular weight excluding hydrogens is 345 g/mol. The Hall–Kier alpha value is -3.29. The fourth-order valence-electron chi connectivity index (χ4n) is 2.39. The first-order valence-corrected chi connectivity index (χ1v) is 7.71. The van der Waals surface area contributed by atoms with Crippen molar-refractivity contribution in [3.05, 3.63) is 83.9 Å². The van der Waals surface area contributed by atoms with Crippen molar-refractivity contribution in [2.24, 2.45) is 0 Å². The predicted octanol–water partition coefficient (Wildman–Crippen LogP) is 3.71. The number of hydrogen-bond acceptors (Lipinski definition) is 3. The molecule has 1 amide bonds. The number of para-hydroxylation sites is 1. The van der Waals surface area contributed by atoms with Gasteiger partial charge in [0.2, 0.25) is 0 Å². The van der Waals surface area contributed by atoms with Gasteiger partial charge in [-0.2, -0.15) is 13.2 Å². The molecule has 0 aliphatic rings. The normalized spacial score (nSPS) is 11.2. The molecule has 0 aliphatic heterocycles. The number of nitrogens with zero attached hydrogens (tertiary/aromatic N) is 2. The lowest BCUT2D eigenvalue weighted by Crippen LogP contribution is -2.30. The topological polar surface area (TPSA) is 59.0 Å². The smallest absolute Gasteiger partial charge is 0.333 e. The van der Waals surface area contributed by atoms with E-state index in [1.54, 1.807) is 36.8 Å². The molecule has 0 aliphatic carbocycles. The Morgan fingerprint density at radius 2 is 1.81 bits per heavy atom. The van der Waals surface area contributed by atoms with E-state index in [9.17, 15) is 18.0 Å². The highest BCUT2D eigenvalue weighted by Gasteiger charge is 2.33. The maximum Gasteiger partial charge on any atom is 0.418 e. The number of carbonyl (C=O) groups is 1. The van der Waals surface area contributed by atoms with Gasteiger partial charge in [0, 0.05) is 24.5 Å². The molecule has 3 rings (SSSR count). The number of hydrazine groups is 1. The van der Waals surface area contributed by atoms with Crippen LogP contribution in [0.5, 0.6) is 0 Å². The standard InChI is InChI=1S/C18H15F3N4O/c19-18(20,21)15-3-1-2-4-16(15)23-24-17(26)14-7-5-13(6-8-14)11-25-10-9-22-12-25/h1-10,12,23H,11H2,(H,24,26). The Morgan fingerprint density at radius 1 is 1.08 bits per heavy atom. The third kappa shape index (κ3) is 4.21. The summed E-state index contributed by atoms with van der Waals surface area (Å²) in [4.78, 5) is 16.1. The number of carbonyl (C=O) groups excluding carboxylic acids is 1. The van der Waals surface area contributed by atoms with Gasteiger partial charge in [0.05, 0.1) is 17.6 Å².